The van der Waals surface area contributed by atoms with Crippen LogP contribution >= 0.6 is 0 Å². The van der Waals surface area contributed by atoms with E-state index in [1.165, 1.54) is 11.8 Å². The van der Waals surface area contributed by atoms with Crippen molar-refractivity contribution in [2.24, 2.45) is 0 Å². The number of carbonyl (C=O) groups excluding carboxylic acids is 2. The Bertz CT molecular complexity index is 1010. The topological polar surface area (TPSA) is 95.6 Å². The zero-order valence-electron chi connectivity index (χ0n) is 16.8. The number of aromatic nitrogens is 2. The van der Waals surface area contributed by atoms with Crippen LogP contribution in [-0.4, -0.2) is 28.8 Å². The summed E-state index contributed by atoms with van der Waals surface area (Å²) in [5, 5.41) is 6.75. The van der Waals surface area contributed by atoms with Crippen molar-refractivity contribution in [1.29, 1.82) is 0 Å². The second kappa shape index (κ2) is 8.64. The van der Waals surface area contributed by atoms with Crippen LogP contribution in [0, 0.1) is 13.8 Å². The molecule has 1 amide bonds. The largest absolute Gasteiger partial charge is 0.485 e. The first-order valence-corrected chi connectivity index (χ1v) is 9.17. The Morgan fingerprint density at radius 2 is 1.90 bits per heavy atom. The van der Waals surface area contributed by atoms with Crippen molar-refractivity contribution in [3.8, 4) is 5.75 Å². The number of furan rings is 1. The van der Waals surface area contributed by atoms with Crippen molar-refractivity contribution in [1.82, 2.24) is 9.78 Å². The maximum Gasteiger partial charge on any atom is 0.360 e. The van der Waals surface area contributed by atoms with E-state index in [1.807, 2.05) is 39.0 Å². The molecular formula is C21H23N3O5. The molecule has 0 saturated carbocycles. The summed E-state index contributed by atoms with van der Waals surface area (Å²) in [6, 6.07) is 9.15. The molecule has 8 nitrogen and oxygen atoms in total. The molecule has 1 N–H and O–H groups in total. The molecule has 0 aliphatic heterocycles. The smallest absolute Gasteiger partial charge is 0.360 e. The van der Waals surface area contributed by atoms with E-state index in [0.717, 1.165) is 16.9 Å². The van der Waals surface area contributed by atoms with Gasteiger partial charge in [0.05, 0.1) is 12.8 Å². The molecule has 152 valence electrons. The fourth-order valence-electron chi connectivity index (χ4n) is 2.85. The Kier molecular flexibility index (Phi) is 6.01. The number of para-hydroxylation sites is 1. The predicted octanol–water partition coefficient (Wildman–Crippen LogP) is 3.73. The average molecular weight is 397 g/mol. The van der Waals surface area contributed by atoms with Crippen LogP contribution in [0.25, 0.3) is 0 Å². The molecule has 3 rings (SSSR count). The highest BCUT2D eigenvalue weighted by Gasteiger charge is 2.21. The molecule has 0 bridgehead atoms. The number of benzene rings is 1. The molecule has 2 heterocycles. The maximum absolute atomic E-state index is 12.5. The number of esters is 1. The van der Waals surface area contributed by atoms with Gasteiger partial charge < -0.3 is 19.2 Å². The van der Waals surface area contributed by atoms with Gasteiger partial charge in [0.15, 0.2) is 11.5 Å². The van der Waals surface area contributed by atoms with Gasteiger partial charge in [-0.05, 0) is 44.0 Å². The summed E-state index contributed by atoms with van der Waals surface area (Å²) in [5.41, 5.74) is 2.34. The Hall–Kier alpha value is -3.55. The lowest BCUT2D eigenvalue weighted by Crippen LogP contribution is -2.14. The van der Waals surface area contributed by atoms with Crippen molar-refractivity contribution in [3.05, 3.63) is 64.9 Å². The van der Waals surface area contributed by atoms with Crippen LogP contribution in [0.15, 0.2) is 40.9 Å². The number of ether oxygens (including phenoxy) is 2. The highest BCUT2D eigenvalue weighted by Crippen LogP contribution is 2.24. The number of hydrogen-bond acceptors (Lipinski definition) is 6. The van der Waals surface area contributed by atoms with E-state index < -0.39 is 11.9 Å². The first-order valence-electron chi connectivity index (χ1n) is 9.17. The number of aryl methyl sites for hydroxylation is 3. The van der Waals surface area contributed by atoms with E-state index in [-0.39, 0.29) is 23.7 Å². The molecule has 0 saturated heterocycles. The van der Waals surface area contributed by atoms with Gasteiger partial charge in [-0.3, -0.25) is 9.48 Å². The molecule has 3 aromatic rings. The Labute approximate surface area is 168 Å². The van der Waals surface area contributed by atoms with Crippen LogP contribution in [0.4, 0.5) is 5.69 Å². The van der Waals surface area contributed by atoms with Gasteiger partial charge >= 0.3 is 5.97 Å². The zero-order valence-corrected chi connectivity index (χ0v) is 16.8. The molecule has 0 radical (unpaired) electrons. The lowest BCUT2D eigenvalue weighted by molar-refractivity contribution is 0.0594. The lowest BCUT2D eigenvalue weighted by Gasteiger charge is -2.10. The molecule has 0 atom stereocenters. The monoisotopic (exact) mass is 397 g/mol. The number of nitrogens with zero attached hydrogens (tertiary/aromatic N) is 2. The minimum atomic E-state index is -0.630. The van der Waals surface area contributed by atoms with E-state index in [0.29, 0.717) is 12.3 Å². The quantitative estimate of drug-likeness (QED) is 0.610. The average Bonchev–Trinajstić information content (AvgIpc) is 3.34. The number of amides is 1. The van der Waals surface area contributed by atoms with Crippen LogP contribution in [0.5, 0.6) is 5.75 Å². The first-order chi connectivity index (χ1) is 13.9. The third-order valence-electron chi connectivity index (χ3n) is 4.37. The second-order valence-corrected chi connectivity index (χ2v) is 6.47. The predicted molar refractivity (Wildman–Crippen MR) is 106 cm³/mol. The van der Waals surface area contributed by atoms with E-state index >= 15 is 0 Å². The number of anilines is 1. The van der Waals surface area contributed by atoms with Crippen molar-refractivity contribution >= 4 is 17.6 Å². The van der Waals surface area contributed by atoms with Gasteiger partial charge in [-0.1, -0.05) is 18.2 Å². The number of hydrogen-bond donors (Lipinski definition) is 1. The fourth-order valence-corrected chi connectivity index (χ4v) is 2.85. The van der Waals surface area contributed by atoms with Crippen LogP contribution in [-0.2, 0) is 17.9 Å². The van der Waals surface area contributed by atoms with Gasteiger partial charge in [0.2, 0.25) is 0 Å². The molecule has 0 unspecified atom stereocenters. The summed E-state index contributed by atoms with van der Waals surface area (Å²) < 4.78 is 17.7. The van der Waals surface area contributed by atoms with E-state index in [9.17, 15) is 9.59 Å². The molecule has 0 spiro atoms. The molecular weight excluding hydrogens is 374 g/mol. The summed E-state index contributed by atoms with van der Waals surface area (Å²) in [7, 11) is 1.26. The lowest BCUT2D eigenvalue weighted by atomic mass is 10.1. The third kappa shape index (κ3) is 4.48. The summed E-state index contributed by atoms with van der Waals surface area (Å²) >= 11 is 0. The van der Waals surface area contributed by atoms with Crippen LogP contribution in [0.2, 0.25) is 0 Å². The molecule has 0 aliphatic rings. The number of rotatable bonds is 7. The summed E-state index contributed by atoms with van der Waals surface area (Å²) in [5.74, 6) is 0.281. The van der Waals surface area contributed by atoms with Gasteiger partial charge in [0.25, 0.3) is 5.91 Å². The van der Waals surface area contributed by atoms with Crippen LogP contribution in [0.3, 0.4) is 0 Å². The summed E-state index contributed by atoms with van der Waals surface area (Å²) in [6.07, 6.45) is 1.57. The first kappa shape index (κ1) is 20.2. The summed E-state index contributed by atoms with van der Waals surface area (Å²) in [6.45, 7) is 6.55. The van der Waals surface area contributed by atoms with Gasteiger partial charge in [-0.2, -0.15) is 5.10 Å². The van der Waals surface area contributed by atoms with E-state index in [2.05, 4.69) is 10.4 Å². The summed E-state index contributed by atoms with van der Waals surface area (Å²) in [4.78, 5) is 24.4. The SMILES string of the molecule is CCn1cc(NC(=O)c2ccc(COc3c(C)cccc3C)o2)c(C(=O)OC)n1. The molecule has 2 aromatic heterocycles. The standard InChI is InChI=1S/C21H23N3O5/c1-5-24-11-16(18(23-24)21(26)27-4)22-20(25)17-10-9-15(29-17)12-28-19-13(2)7-6-8-14(19)3/h6-11H,5,12H2,1-4H3,(H,22,25). The van der Waals surface area contributed by atoms with Crippen LogP contribution in [0.1, 0.15) is 44.9 Å². The number of methoxy groups -OCH3 is 1. The molecule has 0 aliphatic carbocycles. The Morgan fingerprint density at radius 1 is 1.17 bits per heavy atom. The van der Waals surface area contributed by atoms with Gasteiger partial charge in [-0.15, -0.1) is 0 Å². The highest BCUT2D eigenvalue weighted by atomic mass is 16.5. The number of nitrogens with one attached hydrogen (secondary N) is 1. The van der Waals surface area contributed by atoms with Crippen molar-refractivity contribution in [2.75, 3.05) is 12.4 Å². The number of carbonyl (C=O) groups is 2. The van der Waals surface area contributed by atoms with E-state index in [4.69, 9.17) is 13.9 Å². The van der Waals surface area contributed by atoms with Crippen molar-refractivity contribution in [2.45, 2.75) is 33.9 Å². The van der Waals surface area contributed by atoms with Crippen LogP contribution < -0.4 is 10.1 Å². The fraction of sp³-hybridized carbons (Fsp3) is 0.286. The minimum Gasteiger partial charge on any atom is -0.485 e. The van der Waals surface area contributed by atoms with Gasteiger partial charge in [0, 0.05) is 12.7 Å². The molecule has 29 heavy (non-hydrogen) atoms. The van der Waals surface area contributed by atoms with Crippen molar-refractivity contribution < 1.29 is 23.5 Å². The van der Waals surface area contributed by atoms with Crippen molar-refractivity contribution in [3.63, 3.8) is 0 Å². The molecule has 1 aromatic carbocycles. The second-order valence-electron chi connectivity index (χ2n) is 6.47. The highest BCUT2D eigenvalue weighted by molar-refractivity contribution is 6.05. The Balaban J connectivity index is 1.70. The van der Waals surface area contributed by atoms with Gasteiger partial charge in [0.1, 0.15) is 18.1 Å². The van der Waals surface area contributed by atoms with E-state index in [1.54, 1.807) is 18.3 Å². The Morgan fingerprint density at radius 3 is 2.55 bits per heavy atom. The molecule has 8 heteroatoms. The van der Waals surface area contributed by atoms with Gasteiger partial charge in [-0.25, -0.2) is 4.79 Å². The normalized spacial score (nSPS) is 10.6. The zero-order chi connectivity index (χ0) is 21.0. The maximum atomic E-state index is 12.5. The minimum absolute atomic E-state index is 0.0350. The third-order valence-corrected chi connectivity index (χ3v) is 4.37. The molecule has 0 fully saturated rings.